The topological polar surface area (TPSA) is 49.4 Å². The number of methoxy groups -OCH3 is 2. The number of rotatable bonds is 5. The van der Waals surface area contributed by atoms with Crippen LogP contribution in [-0.2, 0) is 19.4 Å². The maximum Gasteiger partial charge on any atom is 0.171 e. The van der Waals surface area contributed by atoms with Gasteiger partial charge in [0.05, 0.1) is 32.7 Å². The molecule has 5 nitrogen and oxygen atoms in total. The third kappa shape index (κ3) is 3.16. The molecule has 0 saturated carbocycles. The Morgan fingerprint density at radius 3 is 2.63 bits per heavy atom. The van der Waals surface area contributed by atoms with Gasteiger partial charge in [-0.15, -0.1) is 0 Å². The molecule has 0 atom stereocenters. The number of benzene rings is 2. The normalized spacial score (nSPS) is 12.7. The monoisotopic (exact) mass is 400 g/mol. The molecule has 0 saturated heterocycles. The maximum atomic E-state index is 5.69. The van der Waals surface area contributed by atoms with E-state index in [1.807, 2.05) is 36.5 Å². The molecule has 2 aromatic heterocycles. The summed E-state index contributed by atoms with van der Waals surface area (Å²) in [5.74, 6) is 2.64. The molecule has 152 valence electrons. The van der Waals surface area contributed by atoms with Gasteiger partial charge in [-0.1, -0.05) is 23.4 Å². The van der Waals surface area contributed by atoms with Gasteiger partial charge in [-0.3, -0.25) is 0 Å². The average molecular weight is 400 g/mol. The number of aromatic nitrogens is 2. The van der Waals surface area contributed by atoms with Gasteiger partial charge in [0.25, 0.3) is 0 Å². The fraction of sp³-hybridized carbons (Fsp3) is 0.240. The first-order chi connectivity index (χ1) is 14.8. The lowest BCUT2D eigenvalue weighted by molar-refractivity contribution is 0.408. The first-order valence-electron chi connectivity index (χ1n) is 10.2. The molecule has 30 heavy (non-hydrogen) atoms. The fourth-order valence-corrected chi connectivity index (χ4v) is 4.39. The third-order valence-electron chi connectivity index (χ3n) is 5.84. The van der Waals surface area contributed by atoms with Gasteiger partial charge in [-0.2, -0.15) is 0 Å². The van der Waals surface area contributed by atoms with Crippen LogP contribution in [0.3, 0.4) is 0 Å². The van der Waals surface area contributed by atoms with Crippen LogP contribution in [0.1, 0.15) is 23.1 Å². The lowest BCUT2D eigenvalue weighted by atomic mass is 10.0. The van der Waals surface area contributed by atoms with Crippen LogP contribution in [0.5, 0.6) is 11.5 Å². The summed E-state index contributed by atoms with van der Waals surface area (Å²) in [6, 6.07) is 16.4. The highest BCUT2D eigenvalue weighted by atomic mass is 16.5. The standard InChI is InChI=1S/C25H24N2O3/c1-28-20-12-10-17(11-13-20)24-21-8-5-7-18-14-26-30-25(18)22(21)16-27(24)15-19-6-3-4-9-23(19)29-2/h3-4,6,9-14,16H,5,7-8,15H2,1-2H3. The molecule has 0 N–H and O–H groups in total. The molecule has 0 amide bonds. The van der Waals surface area contributed by atoms with Crippen LogP contribution in [0.2, 0.25) is 0 Å². The molecule has 4 aromatic rings. The summed E-state index contributed by atoms with van der Waals surface area (Å²) in [5, 5.41) is 4.07. The van der Waals surface area contributed by atoms with Crippen molar-refractivity contribution in [3.05, 3.63) is 77.6 Å². The average Bonchev–Trinajstić information content (AvgIpc) is 3.35. The van der Waals surface area contributed by atoms with Crippen molar-refractivity contribution in [3.8, 4) is 34.1 Å². The van der Waals surface area contributed by atoms with E-state index >= 15 is 0 Å². The Labute approximate surface area is 175 Å². The van der Waals surface area contributed by atoms with Crippen LogP contribution >= 0.6 is 0 Å². The van der Waals surface area contributed by atoms with Crippen molar-refractivity contribution in [3.63, 3.8) is 0 Å². The molecule has 0 aliphatic heterocycles. The minimum absolute atomic E-state index is 0.710. The van der Waals surface area contributed by atoms with Gasteiger partial charge in [0.2, 0.25) is 0 Å². The van der Waals surface area contributed by atoms with Crippen molar-refractivity contribution in [1.29, 1.82) is 0 Å². The number of hydrogen-bond acceptors (Lipinski definition) is 4. The number of para-hydroxylation sites is 1. The second-order valence-electron chi connectivity index (χ2n) is 7.57. The number of aryl methyl sites for hydroxylation is 1. The number of nitrogens with zero attached hydrogens (tertiary/aromatic N) is 2. The predicted molar refractivity (Wildman–Crippen MR) is 116 cm³/mol. The third-order valence-corrected chi connectivity index (χ3v) is 5.84. The first kappa shape index (κ1) is 18.6. The molecule has 0 fully saturated rings. The smallest absolute Gasteiger partial charge is 0.171 e. The SMILES string of the molecule is COc1ccc(-c2c3c(cn2Cc2ccccc2OC)-c2oncc2CCC3)cc1. The summed E-state index contributed by atoms with van der Waals surface area (Å²) in [4.78, 5) is 0. The zero-order chi connectivity index (χ0) is 20.5. The highest BCUT2D eigenvalue weighted by Gasteiger charge is 2.25. The summed E-state index contributed by atoms with van der Waals surface area (Å²) in [6.45, 7) is 0.710. The van der Waals surface area contributed by atoms with E-state index in [4.69, 9.17) is 14.0 Å². The highest BCUT2D eigenvalue weighted by molar-refractivity contribution is 5.78. The van der Waals surface area contributed by atoms with Crippen molar-refractivity contribution in [2.45, 2.75) is 25.8 Å². The van der Waals surface area contributed by atoms with Crippen molar-refractivity contribution in [1.82, 2.24) is 9.72 Å². The highest BCUT2D eigenvalue weighted by Crippen LogP contribution is 2.40. The molecule has 1 aliphatic carbocycles. The molecule has 1 aliphatic rings. The Kier molecular flexibility index (Phi) is 4.79. The van der Waals surface area contributed by atoms with Gasteiger partial charge in [-0.05, 0) is 60.7 Å². The zero-order valence-electron chi connectivity index (χ0n) is 17.2. The van der Waals surface area contributed by atoms with Crippen LogP contribution in [0.15, 0.2) is 65.4 Å². The number of fused-ring (bicyclic) bond motifs is 3. The van der Waals surface area contributed by atoms with Gasteiger partial charge in [0.1, 0.15) is 11.5 Å². The number of hydrogen-bond donors (Lipinski definition) is 0. The Morgan fingerprint density at radius 2 is 1.83 bits per heavy atom. The second-order valence-corrected chi connectivity index (χ2v) is 7.57. The molecule has 2 heterocycles. The minimum Gasteiger partial charge on any atom is -0.497 e. The van der Waals surface area contributed by atoms with E-state index in [0.29, 0.717) is 6.54 Å². The molecular formula is C25H24N2O3. The van der Waals surface area contributed by atoms with Crippen molar-refractivity contribution in [2.75, 3.05) is 14.2 Å². The summed E-state index contributed by atoms with van der Waals surface area (Å²) in [5.41, 5.74) is 7.14. The second kappa shape index (κ2) is 7.75. The largest absolute Gasteiger partial charge is 0.497 e. The van der Waals surface area contributed by atoms with E-state index in [-0.39, 0.29) is 0 Å². The molecule has 5 rings (SSSR count). The summed E-state index contributed by atoms with van der Waals surface area (Å²) < 4.78 is 19.0. The Balaban J connectivity index is 1.69. The molecule has 0 radical (unpaired) electrons. The molecule has 0 spiro atoms. The summed E-state index contributed by atoms with van der Waals surface area (Å²) in [7, 11) is 3.41. The van der Waals surface area contributed by atoms with Crippen LogP contribution < -0.4 is 9.47 Å². The van der Waals surface area contributed by atoms with Crippen molar-refractivity contribution >= 4 is 0 Å². The molecule has 0 bridgehead atoms. The van der Waals surface area contributed by atoms with Crippen LogP contribution in [0.25, 0.3) is 22.6 Å². The lowest BCUT2D eigenvalue weighted by Gasteiger charge is -2.14. The van der Waals surface area contributed by atoms with Gasteiger partial charge in [0.15, 0.2) is 5.76 Å². The zero-order valence-corrected chi connectivity index (χ0v) is 17.2. The van der Waals surface area contributed by atoms with Crippen LogP contribution in [0, 0.1) is 0 Å². The van der Waals surface area contributed by atoms with Crippen molar-refractivity contribution in [2.24, 2.45) is 0 Å². The Morgan fingerprint density at radius 1 is 1.00 bits per heavy atom. The Bertz CT molecular complexity index is 1170. The maximum absolute atomic E-state index is 5.69. The van der Waals surface area contributed by atoms with E-state index in [1.165, 1.54) is 16.8 Å². The Hall–Kier alpha value is -3.47. The first-order valence-corrected chi connectivity index (χ1v) is 10.2. The quantitative estimate of drug-likeness (QED) is 0.452. The van der Waals surface area contributed by atoms with E-state index in [2.05, 4.69) is 34.1 Å². The lowest BCUT2D eigenvalue weighted by Crippen LogP contribution is -2.04. The van der Waals surface area contributed by atoms with Crippen LogP contribution in [-0.4, -0.2) is 23.9 Å². The summed E-state index contributed by atoms with van der Waals surface area (Å²) in [6.07, 6.45) is 7.12. The van der Waals surface area contributed by atoms with E-state index < -0.39 is 0 Å². The van der Waals surface area contributed by atoms with Gasteiger partial charge < -0.3 is 18.6 Å². The van der Waals surface area contributed by atoms with E-state index in [0.717, 1.165) is 53.2 Å². The molecule has 2 aromatic carbocycles. The summed E-state index contributed by atoms with van der Waals surface area (Å²) >= 11 is 0. The van der Waals surface area contributed by atoms with Crippen LogP contribution in [0.4, 0.5) is 0 Å². The molecule has 0 unspecified atom stereocenters. The van der Waals surface area contributed by atoms with Gasteiger partial charge in [-0.25, -0.2) is 0 Å². The molecular weight excluding hydrogens is 376 g/mol. The fourth-order valence-electron chi connectivity index (χ4n) is 4.39. The van der Waals surface area contributed by atoms with E-state index in [1.54, 1.807) is 14.2 Å². The minimum atomic E-state index is 0.710. The molecule has 5 heteroatoms. The van der Waals surface area contributed by atoms with Gasteiger partial charge in [0, 0.05) is 22.9 Å². The number of ether oxygens (including phenoxy) is 2. The van der Waals surface area contributed by atoms with Gasteiger partial charge >= 0.3 is 0 Å². The van der Waals surface area contributed by atoms with Crippen molar-refractivity contribution < 1.29 is 14.0 Å². The van der Waals surface area contributed by atoms with E-state index in [9.17, 15) is 0 Å². The predicted octanol–water partition coefficient (Wildman–Crippen LogP) is 5.36.